The smallest absolute Gasteiger partial charge is 0.356 e. The molecule has 2 amide bonds. The number of nitrogens with zero attached hydrogens (tertiary/aromatic N) is 1. The number of nitrogens with one attached hydrogen (secondary N) is 1. The van der Waals surface area contributed by atoms with Crippen molar-refractivity contribution in [3.05, 3.63) is 105 Å². The van der Waals surface area contributed by atoms with E-state index < -0.39 is 18.1 Å². The third-order valence-electron chi connectivity index (χ3n) is 6.33. The summed E-state index contributed by atoms with van der Waals surface area (Å²) < 4.78 is 6.10. The normalized spacial score (nSPS) is 19.1. The standard InChI is InChI=1S/C28H26N2O4S2/c1-2-18-17-36-27-23(29-22(31)16-21-14-9-15-35-21)26(32)30(27)24(18)28(33)34-25(19-10-5-3-6-11-19)20-12-7-4-8-13-20/h3-15,23,25,27H,2,16-17H2,1H3,(H,29,31)/t23?,27-/m0/s1. The summed E-state index contributed by atoms with van der Waals surface area (Å²) in [6.45, 7) is 1.97. The number of thiophene rings is 1. The number of β-lactam (4-membered cyclic amide) rings is 1. The van der Waals surface area contributed by atoms with Crippen LogP contribution in [0.1, 0.15) is 35.5 Å². The van der Waals surface area contributed by atoms with E-state index in [0.717, 1.165) is 21.6 Å². The van der Waals surface area contributed by atoms with Gasteiger partial charge in [-0.2, -0.15) is 0 Å². The summed E-state index contributed by atoms with van der Waals surface area (Å²) >= 11 is 3.07. The predicted molar refractivity (Wildman–Crippen MR) is 141 cm³/mol. The van der Waals surface area contributed by atoms with E-state index in [1.54, 1.807) is 11.8 Å². The molecule has 3 aromatic rings. The highest BCUT2D eigenvalue weighted by molar-refractivity contribution is 8.00. The molecule has 0 spiro atoms. The molecule has 184 valence electrons. The zero-order valence-electron chi connectivity index (χ0n) is 19.8. The number of benzene rings is 2. The van der Waals surface area contributed by atoms with E-state index in [2.05, 4.69) is 5.32 Å². The maximum atomic E-state index is 13.6. The molecule has 0 bridgehead atoms. The second-order valence-corrected chi connectivity index (χ2v) is 10.8. The molecule has 0 radical (unpaired) electrons. The van der Waals surface area contributed by atoms with Crippen molar-refractivity contribution in [2.45, 2.75) is 37.3 Å². The lowest BCUT2D eigenvalue weighted by molar-refractivity contribution is -0.154. The van der Waals surface area contributed by atoms with Gasteiger partial charge in [0, 0.05) is 10.6 Å². The second-order valence-electron chi connectivity index (χ2n) is 8.62. The van der Waals surface area contributed by atoms with E-state index in [0.29, 0.717) is 17.9 Å². The Labute approximate surface area is 218 Å². The van der Waals surface area contributed by atoms with Crippen molar-refractivity contribution in [2.24, 2.45) is 0 Å². The maximum Gasteiger partial charge on any atom is 0.356 e. The van der Waals surface area contributed by atoms with Crippen LogP contribution in [0.15, 0.2) is 89.4 Å². The van der Waals surface area contributed by atoms with Gasteiger partial charge >= 0.3 is 5.97 Å². The molecule has 6 nitrogen and oxygen atoms in total. The SMILES string of the molecule is CCC1=C(C(=O)OC(c2ccccc2)c2ccccc2)N2C(=O)C(NC(=O)Cc3cccs3)[C@@H]2SC1. The molecule has 5 rings (SSSR count). The van der Waals surface area contributed by atoms with E-state index >= 15 is 0 Å². The molecule has 2 atom stereocenters. The van der Waals surface area contributed by atoms with Gasteiger partial charge in [-0.1, -0.05) is 73.7 Å². The number of fused-ring (bicyclic) bond motifs is 1. The number of thioether (sulfide) groups is 1. The largest absolute Gasteiger partial charge is 0.448 e. The van der Waals surface area contributed by atoms with E-state index in [1.807, 2.05) is 85.1 Å². The summed E-state index contributed by atoms with van der Waals surface area (Å²) in [5, 5.41) is 4.46. The van der Waals surface area contributed by atoms with Crippen LogP contribution in [0.3, 0.4) is 0 Å². The minimum Gasteiger partial charge on any atom is -0.448 e. The fourth-order valence-electron chi connectivity index (χ4n) is 4.49. The first kappa shape index (κ1) is 24.3. The molecule has 1 N–H and O–H groups in total. The van der Waals surface area contributed by atoms with Gasteiger partial charge in [-0.25, -0.2) is 4.79 Å². The van der Waals surface area contributed by atoms with Gasteiger partial charge in [0.25, 0.3) is 5.91 Å². The summed E-state index contributed by atoms with van der Waals surface area (Å²) in [6, 6.07) is 22.3. The lowest BCUT2D eigenvalue weighted by atomic mass is 10.00. The minimum absolute atomic E-state index is 0.196. The second kappa shape index (κ2) is 10.7. The molecule has 0 saturated carbocycles. The summed E-state index contributed by atoms with van der Waals surface area (Å²) in [5.41, 5.74) is 2.89. The molecular weight excluding hydrogens is 492 g/mol. The Morgan fingerprint density at radius 1 is 1.03 bits per heavy atom. The van der Waals surface area contributed by atoms with Crippen LogP contribution in [0.5, 0.6) is 0 Å². The number of carbonyl (C=O) groups excluding carboxylic acids is 3. The van der Waals surface area contributed by atoms with Crippen LogP contribution in [-0.4, -0.2) is 39.9 Å². The van der Waals surface area contributed by atoms with E-state index in [9.17, 15) is 14.4 Å². The molecule has 2 aromatic carbocycles. The number of hydrogen-bond acceptors (Lipinski definition) is 6. The first-order chi connectivity index (χ1) is 17.6. The highest BCUT2D eigenvalue weighted by atomic mass is 32.2. The summed E-state index contributed by atoms with van der Waals surface area (Å²) in [4.78, 5) is 41.8. The van der Waals surface area contributed by atoms with Crippen LogP contribution >= 0.6 is 23.1 Å². The van der Waals surface area contributed by atoms with E-state index in [-0.39, 0.29) is 23.6 Å². The molecule has 1 saturated heterocycles. The summed E-state index contributed by atoms with van der Waals surface area (Å²) in [5.74, 6) is -0.389. The van der Waals surface area contributed by atoms with Gasteiger partial charge in [0.1, 0.15) is 17.1 Å². The Bertz CT molecular complexity index is 1240. The van der Waals surface area contributed by atoms with Gasteiger partial charge in [0.2, 0.25) is 5.91 Å². The third kappa shape index (κ3) is 4.83. The van der Waals surface area contributed by atoms with Crippen molar-refractivity contribution in [1.82, 2.24) is 10.2 Å². The number of carbonyl (C=O) groups is 3. The van der Waals surface area contributed by atoms with E-state index in [1.165, 1.54) is 16.2 Å². The molecule has 1 fully saturated rings. The molecule has 36 heavy (non-hydrogen) atoms. The van der Waals surface area contributed by atoms with Crippen molar-refractivity contribution < 1.29 is 19.1 Å². The first-order valence-electron chi connectivity index (χ1n) is 11.9. The first-order valence-corrected chi connectivity index (χ1v) is 13.8. The van der Waals surface area contributed by atoms with Gasteiger partial charge in [-0.3, -0.25) is 14.5 Å². The van der Waals surface area contributed by atoms with Crippen LogP contribution in [0.4, 0.5) is 0 Å². The maximum absolute atomic E-state index is 13.6. The van der Waals surface area contributed by atoms with Crippen LogP contribution in [0.25, 0.3) is 0 Å². The minimum atomic E-state index is -0.650. The van der Waals surface area contributed by atoms with Crippen LogP contribution in [0, 0.1) is 0 Å². The van der Waals surface area contributed by atoms with Crippen LogP contribution in [-0.2, 0) is 25.5 Å². The zero-order valence-corrected chi connectivity index (χ0v) is 21.4. The fourth-order valence-corrected chi connectivity index (χ4v) is 6.64. The lowest BCUT2D eigenvalue weighted by Gasteiger charge is -2.49. The van der Waals surface area contributed by atoms with Gasteiger partial charge in [0.05, 0.1) is 6.42 Å². The Kier molecular flexibility index (Phi) is 7.25. The molecule has 1 unspecified atom stereocenters. The predicted octanol–water partition coefficient (Wildman–Crippen LogP) is 4.69. The summed E-state index contributed by atoms with van der Waals surface area (Å²) in [6.07, 6.45) is 0.265. The number of esters is 1. The Hall–Kier alpha value is -3.36. The van der Waals surface area contributed by atoms with Gasteiger partial charge in [-0.05, 0) is 34.6 Å². The van der Waals surface area contributed by atoms with Crippen molar-refractivity contribution in [3.8, 4) is 0 Å². The van der Waals surface area contributed by atoms with E-state index in [4.69, 9.17) is 4.74 Å². The topological polar surface area (TPSA) is 75.7 Å². The zero-order chi connectivity index (χ0) is 25.1. The Balaban J connectivity index is 1.36. The average molecular weight is 519 g/mol. The molecular formula is C28H26N2O4S2. The quantitative estimate of drug-likeness (QED) is 0.346. The Morgan fingerprint density at radius 2 is 1.69 bits per heavy atom. The average Bonchev–Trinajstić information content (AvgIpc) is 3.43. The third-order valence-corrected chi connectivity index (χ3v) is 8.54. The highest BCUT2D eigenvalue weighted by Crippen LogP contribution is 2.42. The number of amides is 2. The number of rotatable bonds is 8. The van der Waals surface area contributed by atoms with Crippen molar-refractivity contribution in [1.29, 1.82) is 0 Å². The highest BCUT2D eigenvalue weighted by Gasteiger charge is 2.54. The molecule has 1 aromatic heterocycles. The van der Waals surface area contributed by atoms with Crippen molar-refractivity contribution >= 4 is 40.9 Å². The van der Waals surface area contributed by atoms with Crippen LogP contribution in [0.2, 0.25) is 0 Å². The fraction of sp³-hybridized carbons (Fsp3) is 0.250. The number of ether oxygens (including phenoxy) is 1. The van der Waals surface area contributed by atoms with Crippen molar-refractivity contribution in [2.75, 3.05) is 5.75 Å². The van der Waals surface area contributed by atoms with Crippen LogP contribution < -0.4 is 5.32 Å². The van der Waals surface area contributed by atoms with Gasteiger partial charge in [0.15, 0.2) is 6.10 Å². The molecule has 2 aliphatic heterocycles. The van der Waals surface area contributed by atoms with Gasteiger partial charge < -0.3 is 10.1 Å². The monoisotopic (exact) mass is 518 g/mol. The molecule has 8 heteroatoms. The van der Waals surface area contributed by atoms with Crippen molar-refractivity contribution in [3.63, 3.8) is 0 Å². The molecule has 0 aliphatic carbocycles. The lowest BCUT2D eigenvalue weighted by Crippen LogP contribution is -2.70. The number of hydrogen-bond donors (Lipinski definition) is 1. The molecule has 2 aliphatic rings. The summed E-state index contributed by atoms with van der Waals surface area (Å²) in [7, 11) is 0. The Morgan fingerprint density at radius 3 is 2.28 bits per heavy atom. The van der Waals surface area contributed by atoms with Gasteiger partial charge in [-0.15, -0.1) is 23.1 Å². The molecule has 3 heterocycles.